The van der Waals surface area contributed by atoms with Crippen LogP contribution in [0, 0.1) is 5.82 Å². The van der Waals surface area contributed by atoms with E-state index in [2.05, 4.69) is 27.3 Å². The SMILES string of the molecule is CCCCn1nnnc1CN1CCO[C@@H](c2ccc(F)cc2)C1. The van der Waals surface area contributed by atoms with Crippen molar-refractivity contribution in [1.82, 2.24) is 25.1 Å². The molecule has 0 aliphatic carbocycles. The Hall–Kier alpha value is -1.86. The van der Waals surface area contributed by atoms with Crippen molar-refractivity contribution < 1.29 is 9.13 Å². The number of hydrogen-bond donors (Lipinski definition) is 0. The second kappa shape index (κ2) is 7.61. The van der Waals surface area contributed by atoms with Gasteiger partial charge in [0.1, 0.15) is 5.82 Å². The molecule has 1 aliphatic rings. The maximum Gasteiger partial charge on any atom is 0.165 e. The van der Waals surface area contributed by atoms with E-state index in [1.165, 1.54) is 12.1 Å². The van der Waals surface area contributed by atoms with Crippen LogP contribution in [0.2, 0.25) is 0 Å². The number of morpholine rings is 1. The minimum Gasteiger partial charge on any atom is -0.371 e. The lowest BCUT2D eigenvalue weighted by Gasteiger charge is -2.32. The van der Waals surface area contributed by atoms with Gasteiger partial charge in [0.25, 0.3) is 0 Å². The fraction of sp³-hybridized carbons (Fsp3) is 0.562. The first kappa shape index (κ1) is 16.0. The normalized spacial score (nSPS) is 19.1. The summed E-state index contributed by atoms with van der Waals surface area (Å²) in [5.41, 5.74) is 1.00. The van der Waals surface area contributed by atoms with Crippen LogP contribution in [0.5, 0.6) is 0 Å². The molecular formula is C16H22FN5O. The number of benzene rings is 1. The van der Waals surface area contributed by atoms with Crippen molar-refractivity contribution in [1.29, 1.82) is 0 Å². The van der Waals surface area contributed by atoms with Gasteiger partial charge in [0, 0.05) is 19.6 Å². The molecule has 1 fully saturated rings. The Morgan fingerprint density at radius 1 is 1.30 bits per heavy atom. The highest BCUT2D eigenvalue weighted by Gasteiger charge is 2.23. The van der Waals surface area contributed by atoms with Gasteiger partial charge in [-0.05, 0) is 34.5 Å². The van der Waals surface area contributed by atoms with Crippen LogP contribution >= 0.6 is 0 Å². The Morgan fingerprint density at radius 2 is 2.13 bits per heavy atom. The average Bonchev–Trinajstić information content (AvgIpc) is 3.01. The molecule has 1 saturated heterocycles. The molecule has 6 nitrogen and oxygen atoms in total. The van der Waals surface area contributed by atoms with Gasteiger partial charge in [-0.3, -0.25) is 4.90 Å². The molecular weight excluding hydrogens is 297 g/mol. The third-order valence-corrected chi connectivity index (χ3v) is 4.09. The van der Waals surface area contributed by atoms with Crippen molar-refractivity contribution in [2.45, 2.75) is 39.0 Å². The highest BCUT2D eigenvalue weighted by atomic mass is 19.1. The summed E-state index contributed by atoms with van der Waals surface area (Å²) in [6.07, 6.45) is 2.15. The van der Waals surface area contributed by atoms with E-state index in [0.717, 1.165) is 43.9 Å². The van der Waals surface area contributed by atoms with E-state index < -0.39 is 0 Å². The first-order chi connectivity index (χ1) is 11.3. The minimum atomic E-state index is -0.225. The largest absolute Gasteiger partial charge is 0.371 e. The van der Waals surface area contributed by atoms with E-state index in [0.29, 0.717) is 13.2 Å². The fourth-order valence-corrected chi connectivity index (χ4v) is 2.74. The van der Waals surface area contributed by atoms with Crippen molar-refractivity contribution in [2.24, 2.45) is 0 Å². The molecule has 1 atom stereocenters. The number of unbranched alkanes of at least 4 members (excludes halogenated alkanes) is 1. The van der Waals surface area contributed by atoms with Crippen LogP contribution in [0.15, 0.2) is 24.3 Å². The number of ether oxygens (including phenoxy) is 1. The van der Waals surface area contributed by atoms with Gasteiger partial charge < -0.3 is 4.74 Å². The maximum atomic E-state index is 13.1. The number of nitrogens with zero attached hydrogens (tertiary/aromatic N) is 5. The average molecular weight is 319 g/mol. The lowest BCUT2D eigenvalue weighted by molar-refractivity contribution is -0.0340. The van der Waals surface area contributed by atoms with Crippen molar-refractivity contribution >= 4 is 0 Å². The van der Waals surface area contributed by atoms with Crippen molar-refractivity contribution in [3.05, 3.63) is 41.5 Å². The molecule has 2 aromatic rings. The Bertz CT molecular complexity index is 615. The molecule has 0 bridgehead atoms. The van der Waals surface area contributed by atoms with Gasteiger partial charge in [-0.1, -0.05) is 25.5 Å². The summed E-state index contributed by atoms with van der Waals surface area (Å²) in [5.74, 6) is 0.662. The standard InChI is InChI=1S/C16H22FN5O/c1-2-3-8-22-16(18-19-20-22)12-21-9-10-23-15(11-21)13-4-6-14(17)7-5-13/h4-7,15H,2-3,8-12H2,1H3/t15-/m1/s1. The summed E-state index contributed by atoms with van der Waals surface area (Å²) in [4.78, 5) is 2.28. The van der Waals surface area contributed by atoms with Crippen LogP contribution in [-0.2, 0) is 17.8 Å². The number of aromatic nitrogens is 4. The number of tetrazole rings is 1. The van der Waals surface area contributed by atoms with Crippen LogP contribution < -0.4 is 0 Å². The Labute approximate surface area is 135 Å². The molecule has 1 aromatic heterocycles. The topological polar surface area (TPSA) is 56.1 Å². The fourth-order valence-electron chi connectivity index (χ4n) is 2.74. The van der Waals surface area contributed by atoms with Gasteiger partial charge in [0.2, 0.25) is 0 Å². The van der Waals surface area contributed by atoms with Crippen LogP contribution in [0.25, 0.3) is 0 Å². The molecule has 1 aromatic carbocycles. The van der Waals surface area contributed by atoms with Gasteiger partial charge in [0.15, 0.2) is 5.82 Å². The first-order valence-corrected chi connectivity index (χ1v) is 8.10. The summed E-state index contributed by atoms with van der Waals surface area (Å²) in [6.45, 7) is 5.96. The molecule has 0 unspecified atom stereocenters. The molecule has 0 spiro atoms. The highest BCUT2D eigenvalue weighted by Crippen LogP contribution is 2.23. The van der Waals surface area contributed by atoms with Crippen molar-refractivity contribution in [3.8, 4) is 0 Å². The van der Waals surface area contributed by atoms with Crippen LogP contribution in [0.4, 0.5) is 4.39 Å². The van der Waals surface area contributed by atoms with Crippen molar-refractivity contribution in [3.63, 3.8) is 0 Å². The molecule has 2 heterocycles. The lowest BCUT2D eigenvalue weighted by Crippen LogP contribution is -2.38. The number of halogens is 1. The summed E-state index contributed by atoms with van der Waals surface area (Å²) < 4.78 is 20.8. The third kappa shape index (κ3) is 4.11. The minimum absolute atomic E-state index is 0.0377. The zero-order valence-electron chi connectivity index (χ0n) is 13.4. The molecule has 0 N–H and O–H groups in total. The zero-order valence-corrected chi connectivity index (χ0v) is 13.4. The summed E-state index contributed by atoms with van der Waals surface area (Å²) in [7, 11) is 0. The van der Waals surface area contributed by atoms with E-state index in [9.17, 15) is 4.39 Å². The van der Waals surface area contributed by atoms with E-state index in [1.54, 1.807) is 12.1 Å². The predicted molar refractivity (Wildman–Crippen MR) is 83.1 cm³/mol. The van der Waals surface area contributed by atoms with Crippen LogP contribution in [0.1, 0.15) is 37.3 Å². The van der Waals surface area contributed by atoms with Gasteiger partial charge in [-0.15, -0.1) is 5.10 Å². The summed E-state index contributed by atoms with van der Waals surface area (Å²) in [5, 5.41) is 12.0. The third-order valence-electron chi connectivity index (χ3n) is 4.09. The molecule has 0 saturated carbocycles. The smallest absolute Gasteiger partial charge is 0.165 e. The van der Waals surface area contributed by atoms with Crippen molar-refractivity contribution in [2.75, 3.05) is 19.7 Å². The van der Waals surface area contributed by atoms with Gasteiger partial charge in [-0.2, -0.15) is 0 Å². The van der Waals surface area contributed by atoms with Crippen LogP contribution in [0.3, 0.4) is 0 Å². The molecule has 23 heavy (non-hydrogen) atoms. The van der Waals surface area contributed by atoms with E-state index in [-0.39, 0.29) is 11.9 Å². The Balaban J connectivity index is 1.62. The zero-order chi connectivity index (χ0) is 16.1. The molecule has 0 amide bonds. The molecule has 124 valence electrons. The van der Waals surface area contributed by atoms with Gasteiger partial charge in [-0.25, -0.2) is 9.07 Å². The maximum absolute atomic E-state index is 13.1. The second-order valence-corrected chi connectivity index (χ2v) is 5.82. The number of rotatable bonds is 6. The summed E-state index contributed by atoms with van der Waals surface area (Å²) in [6, 6.07) is 6.52. The molecule has 3 rings (SSSR count). The second-order valence-electron chi connectivity index (χ2n) is 5.82. The highest BCUT2D eigenvalue weighted by molar-refractivity contribution is 5.19. The van der Waals surface area contributed by atoms with Crippen LogP contribution in [-0.4, -0.2) is 44.8 Å². The lowest BCUT2D eigenvalue weighted by atomic mass is 10.1. The number of aryl methyl sites for hydroxylation is 1. The monoisotopic (exact) mass is 319 g/mol. The molecule has 0 radical (unpaired) electrons. The molecule has 1 aliphatic heterocycles. The summed E-state index contributed by atoms with van der Waals surface area (Å²) >= 11 is 0. The van der Waals surface area contributed by atoms with Gasteiger partial charge >= 0.3 is 0 Å². The van der Waals surface area contributed by atoms with Gasteiger partial charge in [0.05, 0.1) is 19.3 Å². The van der Waals surface area contributed by atoms with E-state index in [4.69, 9.17) is 4.74 Å². The predicted octanol–water partition coefficient (Wildman–Crippen LogP) is 2.19. The number of hydrogen-bond acceptors (Lipinski definition) is 5. The quantitative estimate of drug-likeness (QED) is 0.817. The Morgan fingerprint density at radius 3 is 2.91 bits per heavy atom. The van der Waals surface area contributed by atoms with E-state index >= 15 is 0 Å². The van der Waals surface area contributed by atoms with E-state index in [1.807, 2.05) is 4.68 Å². The Kier molecular flexibility index (Phi) is 5.30. The molecule has 7 heteroatoms. The first-order valence-electron chi connectivity index (χ1n) is 8.10.